The van der Waals surface area contributed by atoms with Crippen molar-refractivity contribution in [2.24, 2.45) is 0 Å². The molecule has 1 atom stereocenters. The van der Waals surface area contributed by atoms with E-state index in [9.17, 15) is 0 Å². The molecule has 0 aromatic heterocycles. The van der Waals surface area contributed by atoms with Gasteiger partial charge in [0.2, 0.25) is 0 Å². The number of nitrogens with one attached hydrogen (secondary N) is 1. The Kier molecular flexibility index (Phi) is 7.39. The van der Waals surface area contributed by atoms with Gasteiger partial charge < -0.3 is 18.6 Å². The molecule has 0 radical (unpaired) electrons. The second-order valence-electron chi connectivity index (χ2n) is 3.26. The van der Waals surface area contributed by atoms with Crippen LogP contribution in [0.3, 0.4) is 0 Å². The van der Waals surface area contributed by atoms with Crippen molar-refractivity contribution in [1.82, 2.24) is 5.32 Å². The highest BCUT2D eigenvalue weighted by Crippen LogP contribution is 2.26. The van der Waals surface area contributed by atoms with Crippen molar-refractivity contribution >= 4 is 8.80 Å². The summed E-state index contributed by atoms with van der Waals surface area (Å²) < 4.78 is 16.2. The van der Waals surface area contributed by atoms with Crippen LogP contribution in [0, 0.1) is 0 Å². The van der Waals surface area contributed by atoms with Gasteiger partial charge >= 0.3 is 8.80 Å². The van der Waals surface area contributed by atoms with Crippen LogP contribution in [0.4, 0.5) is 0 Å². The minimum atomic E-state index is -2.41. The molecule has 0 aromatic rings. The molecule has 14 heavy (non-hydrogen) atoms. The third-order valence-corrected chi connectivity index (χ3v) is 5.66. The van der Waals surface area contributed by atoms with Gasteiger partial charge in [-0.25, -0.2) is 0 Å². The molecule has 0 saturated carbocycles. The Bertz CT molecular complexity index is 134. The van der Waals surface area contributed by atoms with E-state index in [0.29, 0.717) is 5.54 Å². The van der Waals surface area contributed by atoms with Crippen molar-refractivity contribution in [1.29, 1.82) is 0 Å². The van der Waals surface area contributed by atoms with Crippen LogP contribution in [-0.2, 0) is 13.3 Å². The van der Waals surface area contributed by atoms with Crippen LogP contribution in [0.25, 0.3) is 0 Å². The first kappa shape index (κ1) is 14.1. The van der Waals surface area contributed by atoms with Gasteiger partial charge in [0.15, 0.2) is 0 Å². The molecule has 0 spiro atoms. The number of hydrogen-bond donors (Lipinski definition) is 1. The molecule has 4 nitrogen and oxygen atoms in total. The van der Waals surface area contributed by atoms with E-state index in [2.05, 4.69) is 19.2 Å². The zero-order valence-corrected chi connectivity index (χ0v) is 10.9. The lowest BCUT2D eigenvalue weighted by Gasteiger charge is -2.30. The highest BCUT2D eigenvalue weighted by molar-refractivity contribution is 6.62. The lowest BCUT2D eigenvalue weighted by molar-refractivity contribution is 0.112. The third-order valence-electron chi connectivity index (χ3n) is 2.46. The molecule has 0 bridgehead atoms. The predicted octanol–water partition coefficient (Wildman–Crippen LogP) is 1.25. The quantitative estimate of drug-likeness (QED) is 0.495. The monoisotopic (exact) mass is 221 g/mol. The Labute approximate surface area is 88.3 Å². The molecule has 0 fully saturated rings. The molecule has 1 N–H and O–H groups in total. The Hall–Kier alpha value is 0.0569. The summed E-state index contributed by atoms with van der Waals surface area (Å²) in [6, 6.07) is 0. The van der Waals surface area contributed by atoms with E-state index >= 15 is 0 Å². The van der Waals surface area contributed by atoms with Crippen LogP contribution >= 0.6 is 0 Å². The molecule has 86 valence electrons. The molecular formula is C9H23NO3Si. The highest BCUT2D eigenvalue weighted by Gasteiger charge is 2.43. The smallest absolute Gasteiger partial charge is 0.377 e. The molecule has 0 heterocycles. The third kappa shape index (κ3) is 3.66. The average molecular weight is 221 g/mol. The molecular weight excluding hydrogens is 198 g/mol. The van der Waals surface area contributed by atoms with Crippen LogP contribution in [-0.4, -0.2) is 43.2 Å². The Morgan fingerprint density at radius 2 is 1.64 bits per heavy atom. The number of hydrogen-bond acceptors (Lipinski definition) is 4. The zero-order valence-electron chi connectivity index (χ0n) is 9.92. The minimum absolute atomic E-state index is 0.321. The van der Waals surface area contributed by atoms with E-state index < -0.39 is 8.80 Å². The van der Waals surface area contributed by atoms with Crippen molar-refractivity contribution in [3.8, 4) is 0 Å². The topological polar surface area (TPSA) is 39.7 Å². The van der Waals surface area contributed by atoms with Gasteiger partial charge in [0.1, 0.15) is 0 Å². The summed E-state index contributed by atoms with van der Waals surface area (Å²) in [5, 5.41) is 3.28. The van der Waals surface area contributed by atoms with E-state index in [0.717, 1.165) is 19.5 Å². The summed E-state index contributed by atoms with van der Waals surface area (Å²) >= 11 is 0. The Balaban J connectivity index is 4.07. The second kappa shape index (κ2) is 7.36. The number of rotatable bonds is 8. The Morgan fingerprint density at radius 3 is 2.00 bits per heavy atom. The molecule has 0 aliphatic rings. The summed E-state index contributed by atoms with van der Waals surface area (Å²) in [5.74, 6) is 0. The van der Waals surface area contributed by atoms with E-state index in [-0.39, 0.29) is 0 Å². The average Bonchev–Trinajstić information content (AvgIpc) is 2.22. The van der Waals surface area contributed by atoms with Crippen molar-refractivity contribution in [3.63, 3.8) is 0 Å². The van der Waals surface area contributed by atoms with Gasteiger partial charge in [0.25, 0.3) is 0 Å². The fourth-order valence-corrected chi connectivity index (χ4v) is 3.73. The molecule has 0 saturated heterocycles. The standard InChI is InChI=1S/C9H23NO3Si/c1-6-10-8-7-9(2)14(11-3,12-4)13-5/h9-10H,6-8H2,1-5H3. The maximum Gasteiger partial charge on any atom is 0.503 e. The molecule has 1 unspecified atom stereocenters. The maximum atomic E-state index is 5.40. The van der Waals surface area contributed by atoms with Crippen molar-refractivity contribution in [2.75, 3.05) is 34.4 Å². The summed E-state index contributed by atoms with van der Waals surface area (Å²) in [5.41, 5.74) is 0.321. The van der Waals surface area contributed by atoms with E-state index in [1.165, 1.54) is 0 Å². The maximum absolute atomic E-state index is 5.40. The lowest BCUT2D eigenvalue weighted by atomic mass is 10.3. The first-order valence-corrected chi connectivity index (χ1v) is 6.83. The zero-order chi connectivity index (χ0) is 11.0. The van der Waals surface area contributed by atoms with Crippen molar-refractivity contribution in [3.05, 3.63) is 0 Å². The van der Waals surface area contributed by atoms with E-state index in [4.69, 9.17) is 13.3 Å². The predicted molar refractivity (Wildman–Crippen MR) is 59.4 cm³/mol. The van der Waals surface area contributed by atoms with Gasteiger partial charge in [-0.05, 0) is 19.5 Å². The minimum Gasteiger partial charge on any atom is -0.377 e. The van der Waals surface area contributed by atoms with Crippen LogP contribution < -0.4 is 5.32 Å². The Morgan fingerprint density at radius 1 is 1.14 bits per heavy atom. The van der Waals surface area contributed by atoms with E-state index in [1.54, 1.807) is 21.3 Å². The fourth-order valence-electron chi connectivity index (χ4n) is 1.53. The highest BCUT2D eigenvalue weighted by atomic mass is 28.4. The molecule has 0 rings (SSSR count). The molecule has 0 aliphatic heterocycles. The molecule has 0 aromatic carbocycles. The first-order chi connectivity index (χ1) is 6.66. The van der Waals surface area contributed by atoms with Gasteiger partial charge in [0.05, 0.1) is 0 Å². The molecule has 5 heteroatoms. The summed E-state index contributed by atoms with van der Waals surface area (Å²) in [6.07, 6.45) is 1.01. The van der Waals surface area contributed by atoms with Gasteiger partial charge in [-0.1, -0.05) is 13.8 Å². The van der Waals surface area contributed by atoms with E-state index in [1.807, 2.05) is 0 Å². The van der Waals surface area contributed by atoms with Crippen molar-refractivity contribution < 1.29 is 13.3 Å². The molecule has 0 aliphatic carbocycles. The molecule has 0 amide bonds. The second-order valence-corrected chi connectivity index (χ2v) is 6.68. The van der Waals surface area contributed by atoms with Crippen molar-refractivity contribution in [2.45, 2.75) is 25.8 Å². The van der Waals surface area contributed by atoms with Crippen LogP contribution in [0.2, 0.25) is 5.54 Å². The SMILES string of the molecule is CCNCCC(C)[Si](OC)(OC)OC. The summed E-state index contributed by atoms with van der Waals surface area (Å²) in [6.45, 7) is 6.18. The van der Waals surface area contributed by atoms with Gasteiger partial charge in [-0.15, -0.1) is 0 Å². The first-order valence-electron chi connectivity index (χ1n) is 5.03. The summed E-state index contributed by atoms with van der Waals surface area (Å²) in [4.78, 5) is 0. The van der Waals surface area contributed by atoms with Crippen LogP contribution in [0.5, 0.6) is 0 Å². The lowest BCUT2D eigenvalue weighted by Crippen LogP contribution is -2.47. The van der Waals surface area contributed by atoms with Gasteiger partial charge in [-0.2, -0.15) is 0 Å². The largest absolute Gasteiger partial charge is 0.503 e. The van der Waals surface area contributed by atoms with Crippen LogP contribution in [0.1, 0.15) is 20.3 Å². The van der Waals surface area contributed by atoms with Crippen LogP contribution in [0.15, 0.2) is 0 Å². The normalized spacial score (nSPS) is 14.4. The van der Waals surface area contributed by atoms with Gasteiger partial charge in [0, 0.05) is 26.9 Å². The van der Waals surface area contributed by atoms with Gasteiger partial charge in [-0.3, -0.25) is 0 Å². The fraction of sp³-hybridized carbons (Fsp3) is 1.00. The summed E-state index contributed by atoms with van der Waals surface area (Å²) in [7, 11) is 2.56.